The van der Waals surface area contributed by atoms with Crippen molar-refractivity contribution >= 4 is 23.1 Å². The minimum absolute atomic E-state index is 0.175. The number of thiazole rings is 1. The summed E-state index contributed by atoms with van der Waals surface area (Å²) in [6.07, 6.45) is 7.72. The number of nitrogens with one attached hydrogen (secondary N) is 1. The molecule has 4 heterocycles. The Morgan fingerprint density at radius 3 is 2.69 bits per heavy atom. The van der Waals surface area contributed by atoms with Gasteiger partial charge in [-0.2, -0.15) is 0 Å². The number of anilines is 1. The van der Waals surface area contributed by atoms with Crippen LogP contribution in [-0.4, -0.2) is 33.9 Å². The van der Waals surface area contributed by atoms with Crippen LogP contribution in [0.3, 0.4) is 0 Å². The van der Waals surface area contributed by atoms with E-state index in [0.717, 1.165) is 35.0 Å². The number of pyridine rings is 2. The highest BCUT2D eigenvalue weighted by atomic mass is 32.1. The van der Waals surface area contributed by atoms with Crippen molar-refractivity contribution < 1.29 is 4.79 Å². The van der Waals surface area contributed by atoms with Crippen LogP contribution >= 0.6 is 11.3 Å². The first-order chi connectivity index (χ1) is 12.8. The Hall–Kier alpha value is -2.80. The molecule has 26 heavy (non-hydrogen) atoms. The molecule has 1 aliphatic heterocycles. The van der Waals surface area contributed by atoms with E-state index in [1.54, 1.807) is 17.8 Å². The molecule has 7 heteroatoms. The molecular weight excluding hydrogens is 346 g/mol. The standard InChI is InChI=1S/C19H19N5OS/c25-18(22-11-14-5-7-20-8-6-14)16-13-26-19(23-16)15-3-4-17(21-12-15)24-9-1-2-10-24/h3-8,12-13H,1-2,9-11H2,(H,22,25). The van der Waals surface area contributed by atoms with E-state index in [1.165, 1.54) is 24.2 Å². The van der Waals surface area contributed by atoms with Crippen molar-refractivity contribution in [1.82, 2.24) is 20.3 Å². The van der Waals surface area contributed by atoms with Crippen LogP contribution < -0.4 is 10.2 Å². The highest BCUT2D eigenvalue weighted by Crippen LogP contribution is 2.25. The maximum Gasteiger partial charge on any atom is 0.271 e. The number of hydrogen-bond donors (Lipinski definition) is 1. The van der Waals surface area contributed by atoms with Crippen molar-refractivity contribution in [2.75, 3.05) is 18.0 Å². The van der Waals surface area contributed by atoms with Gasteiger partial charge in [-0.25, -0.2) is 9.97 Å². The largest absolute Gasteiger partial charge is 0.357 e. The van der Waals surface area contributed by atoms with Gasteiger partial charge in [0.2, 0.25) is 0 Å². The zero-order valence-corrected chi connectivity index (χ0v) is 15.1. The summed E-state index contributed by atoms with van der Waals surface area (Å²) in [7, 11) is 0. The van der Waals surface area contributed by atoms with Gasteiger partial charge in [-0.3, -0.25) is 9.78 Å². The molecule has 1 aliphatic rings. The Balaban J connectivity index is 1.41. The molecule has 1 fully saturated rings. The van der Waals surface area contributed by atoms with Gasteiger partial charge in [-0.05, 0) is 42.7 Å². The molecule has 0 aliphatic carbocycles. The van der Waals surface area contributed by atoms with Crippen LogP contribution in [0.5, 0.6) is 0 Å². The van der Waals surface area contributed by atoms with E-state index in [9.17, 15) is 4.79 Å². The predicted octanol–water partition coefficient (Wildman–Crippen LogP) is 3.13. The third-order valence-electron chi connectivity index (χ3n) is 4.36. The monoisotopic (exact) mass is 365 g/mol. The predicted molar refractivity (Wildman–Crippen MR) is 102 cm³/mol. The molecule has 1 amide bonds. The highest BCUT2D eigenvalue weighted by molar-refractivity contribution is 7.13. The molecule has 3 aromatic heterocycles. The van der Waals surface area contributed by atoms with Crippen LogP contribution in [0.2, 0.25) is 0 Å². The number of aromatic nitrogens is 3. The Kier molecular flexibility index (Phi) is 4.88. The molecule has 6 nitrogen and oxygen atoms in total. The molecule has 0 unspecified atom stereocenters. The van der Waals surface area contributed by atoms with Crippen LogP contribution in [-0.2, 0) is 6.54 Å². The summed E-state index contributed by atoms with van der Waals surface area (Å²) in [4.78, 5) is 27.6. The Morgan fingerprint density at radius 1 is 1.15 bits per heavy atom. The average Bonchev–Trinajstić information content (AvgIpc) is 3.39. The van der Waals surface area contributed by atoms with Crippen LogP contribution in [0.15, 0.2) is 48.2 Å². The van der Waals surface area contributed by atoms with E-state index in [-0.39, 0.29) is 5.91 Å². The van der Waals surface area contributed by atoms with Crippen LogP contribution in [0.1, 0.15) is 28.9 Å². The molecule has 0 spiro atoms. The van der Waals surface area contributed by atoms with Gasteiger partial charge < -0.3 is 10.2 Å². The molecular formula is C19H19N5OS. The second-order valence-electron chi connectivity index (χ2n) is 6.18. The zero-order valence-electron chi connectivity index (χ0n) is 14.3. The van der Waals surface area contributed by atoms with Gasteiger partial charge in [0.15, 0.2) is 0 Å². The maximum atomic E-state index is 12.3. The molecule has 132 valence electrons. The van der Waals surface area contributed by atoms with Gasteiger partial charge >= 0.3 is 0 Å². The molecule has 1 N–H and O–H groups in total. The van der Waals surface area contributed by atoms with E-state index in [0.29, 0.717) is 12.2 Å². The fourth-order valence-electron chi connectivity index (χ4n) is 2.93. The molecule has 4 rings (SSSR count). The topological polar surface area (TPSA) is 71.0 Å². The first kappa shape index (κ1) is 16.7. The molecule has 0 bridgehead atoms. The van der Waals surface area contributed by atoms with Crippen molar-refractivity contribution in [3.05, 3.63) is 59.5 Å². The number of carbonyl (C=O) groups excluding carboxylic acids is 1. The Labute approximate surface area is 155 Å². The lowest BCUT2D eigenvalue weighted by Crippen LogP contribution is -2.23. The van der Waals surface area contributed by atoms with Gasteiger partial charge in [0.25, 0.3) is 5.91 Å². The number of hydrogen-bond acceptors (Lipinski definition) is 6. The smallest absolute Gasteiger partial charge is 0.271 e. The third kappa shape index (κ3) is 3.72. The zero-order chi connectivity index (χ0) is 17.8. The summed E-state index contributed by atoms with van der Waals surface area (Å²) in [6.45, 7) is 2.61. The van der Waals surface area contributed by atoms with Crippen LogP contribution in [0, 0.1) is 0 Å². The normalized spacial score (nSPS) is 13.8. The first-order valence-corrected chi connectivity index (χ1v) is 9.51. The summed E-state index contributed by atoms with van der Waals surface area (Å²) in [6, 6.07) is 7.81. The van der Waals surface area contributed by atoms with Gasteiger partial charge in [0.05, 0.1) is 0 Å². The van der Waals surface area contributed by atoms with Crippen molar-refractivity contribution in [3.8, 4) is 10.6 Å². The fourth-order valence-corrected chi connectivity index (χ4v) is 3.72. The molecule has 0 aromatic carbocycles. The highest BCUT2D eigenvalue weighted by Gasteiger charge is 2.15. The molecule has 0 saturated carbocycles. The van der Waals surface area contributed by atoms with E-state index < -0.39 is 0 Å². The van der Waals surface area contributed by atoms with Crippen molar-refractivity contribution in [2.45, 2.75) is 19.4 Å². The van der Waals surface area contributed by atoms with Crippen LogP contribution in [0.4, 0.5) is 5.82 Å². The lowest BCUT2D eigenvalue weighted by Gasteiger charge is -2.15. The second kappa shape index (κ2) is 7.61. The summed E-state index contributed by atoms with van der Waals surface area (Å²) in [5, 5.41) is 5.47. The Morgan fingerprint density at radius 2 is 1.96 bits per heavy atom. The lowest BCUT2D eigenvalue weighted by molar-refractivity contribution is 0.0946. The molecule has 0 radical (unpaired) electrons. The summed E-state index contributed by atoms with van der Waals surface area (Å²) >= 11 is 1.46. The average molecular weight is 365 g/mol. The van der Waals surface area contributed by atoms with Gasteiger partial charge in [-0.15, -0.1) is 11.3 Å². The molecule has 0 atom stereocenters. The summed E-state index contributed by atoms with van der Waals surface area (Å²) in [5.41, 5.74) is 2.37. The van der Waals surface area contributed by atoms with Gasteiger partial charge in [0, 0.05) is 49.2 Å². The van der Waals surface area contributed by atoms with E-state index in [2.05, 4.69) is 25.2 Å². The Bertz CT molecular complexity index is 872. The van der Waals surface area contributed by atoms with Crippen molar-refractivity contribution in [1.29, 1.82) is 0 Å². The number of rotatable bonds is 5. The van der Waals surface area contributed by atoms with Gasteiger partial charge in [0.1, 0.15) is 16.5 Å². The van der Waals surface area contributed by atoms with E-state index in [4.69, 9.17) is 0 Å². The second-order valence-corrected chi connectivity index (χ2v) is 7.03. The van der Waals surface area contributed by atoms with E-state index in [1.807, 2.05) is 30.5 Å². The third-order valence-corrected chi connectivity index (χ3v) is 5.26. The first-order valence-electron chi connectivity index (χ1n) is 8.63. The quantitative estimate of drug-likeness (QED) is 0.752. The number of nitrogens with zero attached hydrogens (tertiary/aromatic N) is 4. The van der Waals surface area contributed by atoms with E-state index >= 15 is 0 Å². The van der Waals surface area contributed by atoms with Crippen molar-refractivity contribution in [2.24, 2.45) is 0 Å². The molecule has 3 aromatic rings. The molecule has 1 saturated heterocycles. The van der Waals surface area contributed by atoms with Gasteiger partial charge in [-0.1, -0.05) is 0 Å². The SMILES string of the molecule is O=C(NCc1ccncc1)c1csc(-c2ccc(N3CCCC3)nc2)n1. The minimum Gasteiger partial charge on any atom is -0.357 e. The summed E-state index contributed by atoms with van der Waals surface area (Å²) in [5.74, 6) is 0.837. The minimum atomic E-state index is -0.175. The number of carbonyl (C=O) groups is 1. The number of amides is 1. The fraction of sp³-hybridized carbons (Fsp3) is 0.263. The van der Waals surface area contributed by atoms with Crippen LogP contribution in [0.25, 0.3) is 10.6 Å². The maximum absolute atomic E-state index is 12.3. The summed E-state index contributed by atoms with van der Waals surface area (Å²) < 4.78 is 0. The lowest BCUT2D eigenvalue weighted by atomic mass is 10.2. The van der Waals surface area contributed by atoms with Crippen molar-refractivity contribution in [3.63, 3.8) is 0 Å².